The minimum atomic E-state index is -0.275. The van der Waals surface area contributed by atoms with E-state index in [0.717, 1.165) is 12.0 Å². The Bertz CT molecular complexity index is 491. The van der Waals surface area contributed by atoms with Crippen molar-refractivity contribution in [2.24, 2.45) is 0 Å². The van der Waals surface area contributed by atoms with Crippen molar-refractivity contribution in [3.8, 4) is 0 Å². The Kier molecular flexibility index (Phi) is 12.7. The van der Waals surface area contributed by atoms with Crippen LogP contribution in [0.4, 0.5) is 0 Å². The minimum absolute atomic E-state index is 0.275. The standard InChI is InChI=1S/C23H36O2/c1-3-5-6-7-8-9-10-11-12-13-15-21-16-14-17-22(20-21)18-19-23(24)25-4-2/h14,16-20H,3-13,15H2,1-2H3/b19-18+. The summed E-state index contributed by atoms with van der Waals surface area (Å²) < 4.78 is 4.91. The molecule has 0 unspecified atom stereocenters. The van der Waals surface area contributed by atoms with Gasteiger partial charge in [0.05, 0.1) is 6.61 Å². The zero-order valence-corrected chi connectivity index (χ0v) is 16.3. The average molecular weight is 345 g/mol. The maximum absolute atomic E-state index is 11.4. The Balaban J connectivity index is 2.15. The van der Waals surface area contributed by atoms with Crippen molar-refractivity contribution < 1.29 is 9.53 Å². The van der Waals surface area contributed by atoms with E-state index in [1.165, 1.54) is 75.8 Å². The van der Waals surface area contributed by atoms with Gasteiger partial charge in [-0.25, -0.2) is 4.79 Å². The number of aryl methyl sites for hydroxylation is 1. The Labute approximate surface area is 154 Å². The predicted octanol–water partition coefficient (Wildman–Crippen LogP) is 6.73. The first-order valence-electron chi connectivity index (χ1n) is 10.2. The Morgan fingerprint density at radius 3 is 2.20 bits per heavy atom. The molecule has 0 heterocycles. The molecular formula is C23H36O2. The van der Waals surface area contributed by atoms with Gasteiger partial charge in [0, 0.05) is 6.08 Å². The summed E-state index contributed by atoms with van der Waals surface area (Å²) in [6.45, 7) is 4.51. The molecule has 0 aliphatic heterocycles. The van der Waals surface area contributed by atoms with Crippen LogP contribution in [0, 0.1) is 0 Å². The predicted molar refractivity (Wildman–Crippen MR) is 108 cm³/mol. The van der Waals surface area contributed by atoms with E-state index in [-0.39, 0.29) is 5.97 Å². The van der Waals surface area contributed by atoms with Gasteiger partial charge >= 0.3 is 5.97 Å². The van der Waals surface area contributed by atoms with Gasteiger partial charge in [0.15, 0.2) is 0 Å². The third-order valence-corrected chi connectivity index (χ3v) is 4.47. The summed E-state index contributed by atoms with van der Waals surface area (Å²) in [6.07, 6.45) is 18.1. The van der Waals surface area contributed by atoms with Crippen LogP contribution in [-0.4, -0.2) is 12.6 Å². The summed E-state index contributed by atoms with van der Waals surface area (Å²) in [7, 11) is 0. The van der Waals surface area contributed by atoms with E-state index in [1.807, 2.05) is 19.1 Å². The molecule has 0 atom stereocenters. The smallest absolute Gasteiger partial charge is 0.330 e. The highest BCUT2D eigenvalue weighted by molar-refractivity contribution is 5.87. The number of ether oxygens (including phenoxy) is 1. The summed E-state index contributed by atoms with van der Waals surface area (Å²) in [5.74, 6) is -0.275. The van der Waals surface area contributed by atoms with Crippen LogP contribution in [0.2, 0.25) is 0 Å². The van der Waals surface area contributed by atoms with E-state index in [2.05, 4.69) is 25.1 Å². The van der Waals surface area contributed by atoms with Crippen molar-refractivity contribution in [3.63, 3.8) is 0 Å². The number of hydrogen-bond donors (Lipinski definition) is 0. The average Bonchev–Trinajstić information content (AvgIpc) is 2.62. The van der Waals surface area contributed by atoms with Crippen LogP contribution in [0.1, 0.15) is 89.2 Å². The number of esters is 1. The molecule has 0 radical (unpaired) electrons. The van der Waals surface area contributed by atoms with Crippen LogP contribution < -0.4 is 0 Å². The molecule has 0 aliphatic rings. The SMILES string of the molecule is CCCCCCCCCCCCc1cccc(/C=C/C(=O)OCC)c1. The quantitative estimate of drug-likeness (QED) is 0.212. The highest BCUT2D eigenvalue weighted by atomic mass is 16.5. The van der Waals surface area contributed by atoms with Gasteiger partial charge in [-0.3, -0.25) is 0 Å². The third kappa shape index (κ3) is 11.6. The summed E-state index contributed by atoms with van der Waals surface area (Å²) >= 11 is 0. The lowest BCUT2D eigenvalue weighted by Gasteiger charge is -2.04. The molecule has 0 saturated heterocycles. The zero-order chi connectivity index (χ0) is 18.2. The van der Waals surface area contributed by atoms with Crippen LogP contribution in [0.15, 0.2) is 30.3 Å². The summed E-state index contributed by atoms with van der Waals surface area (Å²) in [4.78, 5) is 11.4. The molecule has 0 bridgehead atoms. The first-order chi connectivity index (χ1) is 12.3. The van der Waals surface area contributed by atoms with Crippen molar-refractivity contribution in [2.45, 2.75) is 84.5 Å². The second-order valence-electron chi connectivity index (χ2n) is 6.76. The fourth-order valence-corrected chi connectivity index (χ4v) is 3.02. The monoisotopic (exact) mass is 344 g/mol. The van der Waals surface area contributed by atoms with Crippen LogP contribution in [-0.2, 0) is 16.0 Å². The lowest BCUT2D eigenvalue weighted by Crippen LogP contribution is -1.98. The minimum Gasteiger partial charge on any atom is -0.463 e. The number of benzene rings is 1. The van der Waals surface area contributed by atoms with Gasteiger partial charge in [-0.1, -0.05) is 89.0 Å². The number of hydrogen-bond acceptors (Lipinski definition) is 2. The molecule has 0 aliphatic carbocycles. The summed E-state index contributed by atoms with van der Waals surface area (Å²) in [5.41, 5.74) is 2.42. The normalized spacial score (nSPS) is 11.1. The lowest BCUT2D eigenvalue weighted by atomic mass is 10.0. The molecule has 1 aromatic carbocycles. The highest BCUT2D eigenvalue weighted by Gasteiger charge is 1.98. The molecule has 0 saturated carbocycles. The Hall–Kier alpha value is -1.57. The lowest BCUT2D eigenvalue weighted by molar-refractivity contribution is -0.137. The van der Waals surface area contributed by atoms with Gasteiger partial charge in [-0.05, 0) is 37.0 Å². The van der Waals surface area contributed by atoms with Gasteiger partial charge in [0.2, 0.25) is 0 Å². The van der Waals surface area contributed by atoms with Gasteiger partial charge < -0.3 is 4.74 Å². The second kappa shape index (κ2) is 14.7. The number of rotatable bonds is 14. The largest absolute Gasteiger partial charge is 0.463 e. The maximum atomic E-state index is 11.4. The van der Waals surface area contributed by atoms with Crippen LogP contribution in [0.25, 0.3) is 6.08 Å². The van der Waals surface area contributed by atoms with Crippen molar-refractivity contribution in [1.82, 2.24) is 0 Å². The molecule has 25 heavy (non-hydrogen) atoms. The molecule has 0 N–H and O–H groups in total. The van der Waals surface area contributed by atoms with Gasteiger partial charge in [0.25, 0.3) is 0 Å². The van der Waals surface area contributed by atoms with Crippen molar-refractivity contribution in [1.29, 1.82) is 0 Å². The summed E-state index contributed by atoms with van der Waals surface area (Å²) in [6, 6.07) is 8.44. The van der Waals surface area contributed by atoms with E-state index in [1.54, 1.807) is 0 Å². The van der Waals surface area contributed by atoms with Crippen molar-refractivity contribution >= 4 is 12.0 Å². The topological polar surface area (TPSA) is 26.3 Å². The Morgan fingerprint density at radius 1 is 0.920 bits per heavy atom. The fourth-order valence-electron chi connectivity index (χ4n) is 3.02. The van der Waals surface area contributed by atoms with Gasteiger partial charge in [-0.15, -0.1) is 0 Å². The number of carbonyl (C=O) groups excluding carboxylic acids is 1. The molecular weight excluding hydrogens is 308 g/mol. The van der Waals surface area contributed by atoms with Crippen LogP contribution >= 0.6 is 0 Å². The molecule has 140 valence electrons. The maximum Gasteiger partial charge on any atom is 0.330 e. The van der Waals surface area contributed by atoms with E-state index < -0.39 is 0 Å². The molecule has 2 nitrogen and oxygen atoms in total. The first-order valence-corrected chi connectivity index (χ1v) is 10.2. The molecule has 0 amide bonds. The molecule has 2 heteroatoms. The Morgan fingerprint density at radius 2 is 1.56 bits per heavy atom. The third-order valence-electron chi connectivity index (χ3n) is 4.47. The number of unbranched alkanes of at least 4 members (excludes halogenated alkanes) is 9. The van der Waals surface area contributed by atoms with Crippen molar-refractivity contribution in [2.75, 3.05) is 6.61 Å². The fraction of sp³-hybridized carbons (Fsp3) is 0.609. The molecule has 0 aromatic heterocycles. The first kappa shape index (κ1) is 21.5. The molecule has 1 rings (SSSR count). The zero-order valence-electron chi connectivity index (χ0n) is 16.3. The molecule has 0 spiro atoms. The number of carbonyl (C=O) groups is 1. The second-order valence-corrected chi connectivity index (χ2v) is 6.76. The molecule has 0 fully saturated rings. The van der Waals surface area contributed by atoms with Gasteiger partial charge in [-0.2, -0.15) is 0 Å². The van der Waals surface area contributed by atoms with E-state index >= 15 is 0 Å². The highest BCUT2D eigenvalue weighted by Crippen LogP contribution is 2.14. The summed E-state index contributed by atoms with van der Waals surface area (Å²) in [5, 5.41) is 0. The van der Waals surface area contributed by atoms with E-state index in [0.29, 0.717) is 6.61 Å². The van der Waals surface area contributed by atoms with E-state index in [9.17, 15) is 4.79 Å². The van der Waals surface area contributed by atoms with E-state index in [4.69, 9.17) is 4.74 Å². The van der Waals surface area contributed by atoms with Crippen LogP contribution in [0.5, 0.6) is 0 Å². The van der Waals surface area contributed by atoms with Crippen molar-refractivity contribution in [3.05, 3.63) is 41.5 Å². The molecule has 1 aromatic rings. The van der Waals surface area contributed by atoms with Gasteiger partial charge in [0.1, 0.15) is 0 Å². The van der Waals surface area contributed by atoms with Crippen LogP contribution in [0.3, 0.4) is 0 Å².